The van der Waals surface area contributed by atoms with Crippen LogP contribution in [0.25, 0.3) is 22.4 Å². The van der Waals surface area contributed by atoms with Crippen LogP contribution in [0, 0.1) is 11.6 Å². The molecule has 2 aliphatic rings. The van der Waals surface area contributed by atoms with E-state index in [4.69, 9.17) is 9.72 Å². The van der Waals surface area contributed by atoms with Gasteiger partial charge >= 0.3 is 0 Å². The second-order valence-electron chi connectivity index (χ2n) is 10.9. The molecule has 2 aliphatic heterocycles. The highest BCUT2D eigenvalue weighted by Gasteiger charge is 2.29. The minimum absolute atomic E-state index is 0.0389. The van der Waals surface area contributed by atoms with Gasteiger partial charge in [-0.15, -0.1) is 0 Å². The fourth-order valence-electron chi connectivity index (χ4n) is 5.14. The van der Waals surface area contributed by atoms with Gasteiger partial charge in [-0.1, -0.05) is 16.7 Å². The van der Waals surface area contributed by atoms with E-state index >= 15 is 8.78 Å². The SMILES string of the molecule is BC(B)(B)c1ccc2c(c1)nc(-c1c(F)cc(N3CCCC3=O)cc1F)n2C[C@H]1CN(C(C)=O)CCO1. The summed E-state index contributed by atoms with van der Waals surface area (Å²) in [5.74, 6) is -1.59. The van der Waals surface area contributed by atoms with E-state index in [1.807, 2.05) is 18.2 Å². The van der Waals surface area contributed by atoms with Crippen LogP contribution in [0.4, 0.5) is 14.5 Å². The third-order valence-corrected chi connectivity index (χ3v) is 7.22. The number of anilines is 1. The van der Waals surface area contributed by atoms with E-state index in [1.54, 1.807) is 9.47 Å². The molecule has 3 aromatic rings. The smallest absolute Gasteiger partial charge is 0.227 e. The minimum atomic E-state index is -0.780. The van der Waals surface area contributed by atoms with Crippen molar-refractivity contribution in [3.63, 3.8) is 0 Å². The van der Waals surface area contributed by atoms with Crippen LogP contribution in [0.1, 0.15) is 25.3 Å². The van der Waals surface area contributed by atoms with Crippen LogP contribution in [-0.2, 0) is 26.0 Å². The molecule has 5 rings (SSSR count). The van der Waals surface area contributed by atoms with Crippen LogP contribution in [0.15, 0.2) is 30.3 Å². The van der Waals surface area contributed by atoms with Crippen LogP contribution in [0.3, 0.4) is 0 Å². The van der Waals surface area contributed by atoms with Gasteiger partial charge in [0.25, 0.3) is 0 Å². The van der Waals surface area contributed by atoms with Gasteiger partial charge in [0.1, 0.15) is 17.5 Å². The Morgan fingerprint density at radius 3 is 2.51 bits per heavy atom. The normalized spacial score (nSPS) is 18.7. The van der Waals surface area contributed by atoms with E-state index in [0.29, 0.717) is 44.6 Å². The lowest BCUT2D eigenvalue weighted by atomic mass is 9.40. The zero-order valence-electron chi connectivity index (χ0n) is 21.7. The number of carbonyl (C=O) groups excluding carboxylic acids is 2. The van der Waals surface area contributed by atoms with E-state index < -0.39 is 11.6 Å². The van der Waals surface area contributed by atoms with E-state index in [0.717, 1.165) is 11.1 Å². The number of hydrogen-bond donors (Lipinski definition) is 0. The third kappa shape index (κ3) is 4.91. The number of amides is 2. The van der Waals surface area contributed by atoms with Crippen LogP contribution < -0.4 is 4.90 Å². The fraction of sp³-hybridized carbons (Fsp3) is 0.400. The first kappa shape index (κ1) is 25.5. The summed E-state index contributed by atoms with van der Waals surface area (Å²) >= 11 is 0. The first-order valence-corrected chi connectivity index (χ1v) is 12.7. The highest BCUT2D eigenvalue weighted by Crippen LogP contribution is 2.34. The first-order chi connectivity index (χ1) is 17.5. The van der Waals surface area contributed by atoms with E-state index in [9.17, 15) is 9.59 Å². The van der Waals surface area contributed by atoms with Crippen LogP contribution in [0.2, 0.25) is 0 Å². The Hall–Kier alpha value is -3.14. The van der Waals surface area contributed by atoms with Crippen LogP contribution in [-0.4, -0.2) is 82.1 Å². The zero-order chi connectivity index (χ0) is 26.5. The maximum absolute atomic E-state index is 15.6. The molecule has 0 aliphatic carbocycles. The average Bonchev–Trinajstić information content (AvgIpc) is 3.41. The number of ether oxygens (including phenoxy) is 1. The predicted molar refractivity (Wildman–Crippen MR) is 146 cm³/mol. The number of hydrogen-bond acceptors (Lipinski definition) is 4. The third-order valence-electron chi connectivity index (χ3n) is 7.22. The number of carbonyl (C=O) groups is 2. The second-order valence-corrected chi connectivity index (χ2v) is 10.9. The highest BCUT2D eigenvalue weighted by molar-refractivity contribution is 6.59. The molecule has 0 bridgehead atoms. The van der Waals surface area contributed by atoms with Crippen molar-refractivity contribution in [3.05, 3.63) is 47.5 Å². The molecule has 0 N–H and O–H groups in total. The van der Waals surface area contributed by atoms with E-state index in [2.05, 4.69) is 23.5 Å². The molecule has 0 saturated carbocycles. The van der Waals surface area contributed by atoms with Gasteiger partial charge in [-0.3, -0.25) is 9.59 Å². The number of rotatable bonds is 5. The van der Waals surface area contributed by atoms with Crippen molar-refractivity contribution >= 4 is 52.1 Å². The molecule has 1 atom stereocenters. The molecule has 2 fully saturated rings. The van der Waals surface area contributed by atoms with Crippen molar-refractivity contribution in [1.82, 2.24) is 14.5 Å². The van der Waals surface area contributed by atoms with Crippen molar-refractivity contribution in [2.24, 2.45) is 0 Å². The molecule has 0 unspecified atom stereocenters. The molecule has 2 amide bonds. The molecule has 3 heterocycles. The maximum Gasteiger partial charge on any atom is 0.227 e. The van der Waals surface area contributed by atoms with Crippen molar-refractivity contribution in [2.75, 3.05) is 31.1 Å². The van der Waals surface area contributed by atoms with Crippen LogP contribution in [0.5, 0.6) is 0 Å². The largest absolute Gasteiger partial charge is 0.373 e. The Labute approximate surface area is 217 Å². The molecular weight excluding hydrogens is 475 g/mol. The minimum Gasteiger partial charge on any atom is -0.373 e. The Morgan fingerprint density at radius 1 is 1.16 bits per heavy atom. The molecule has 1 aromatic heterocycles. The molecule has 0 radical (unpaired) electrons. The monoisotopic (exact) mass is 504 g/mol. The number of benzene rings is 2. The zero-order valence-corrected chi connectivity index (χ0v) is 21.7. The average molecular weight is 504 g/mol. The summed E-state index contributed by atoms with van der Waals surface area (Å²) in [6.45, 7) is 3.52. The number of halogens is 2. The molecular formula is C25H29B3F2N4O3. The summed E-state index contributed by atoms with van der Waals surface area (Å²) in [5.41, 5.74) is 2.37. The van der Waals surface area contributed by atoms with E-state index in [1.165, 1.54) is 24.0 Å². The Morgan fingerprint density at radius 2 is 1.89 bits per heavy atom. The number of imidazole rings is 1. The Balaban J connectivity index is 1.61. The van der Waals surface area contributed by atoms with Crippen molar-refractivity contribution < 1.29 is 23.1 Å². The van der Waals surface area contributed by atoms with E-state index in [-0.39, 0.29) is 46.7 Å². The lowest BCUT2D eigenvalue weighted by molar-refractivity contribution is -0.136. The topological polar surface area (TPSA) is 67.7 Å². The molecule has 7 nitrogen and oxygen atoms in total. The number of aromatic nitrogens is 2. The second kappa shape index (κ2) is 9.63. The molecule has 12 heteroatoms. The maximum atomic E-state index is 15.6. The quantitative estimate of drug-likeness (QED) is 0.472. The van der Waals surface area contributed by atoms with Gasteiger partial charge in [0.2, 0.25) is 11.8 Å². The molecule has 190 valence electrons. The van der Waals surface area contributed by atoms with Crippen molar-refractivity contribution in [3.8, 4) is 11.4 Å². The number of morpholine rings is 1. The molecule has 2 aromatic carbocycles. The van der Waals surface area contributed by atoms with Gasteiger partial charge in [-0.25, -0.2) is 13.8 Å². The van der Waals surface area contributed by atoms with Gasteiger partial charge in [0, 0.05) is 38.7 Å². The lowest BCUT2D eigenvalue weighted by Crippen LogP contribution is -2.46. The number of fused-ring (bicyclic) bond motifs is 1. The van der Waals surface area contributed by atoms with Crippen molar-refractivity contribution in [1.29, 1.82) is 0 Å². The highest BCUT2D eigenvalue weighted by atomic mass is 19.1. The van der Waals surface area contributed by atoms with Crippen LogP contribution >= 0.6 is 0 Å². The van der Waals surface area contributed by atoms with Crippen molar-refractivity contribution in [2.45, 2.75) is 37.5 Å². The van der Waals surface area contributed by atoms with Gasteiger partial charge in [-0.05, 0) is 30.7 Å². The predicted octanol–water partition coefficient (Wildman–Crippen LogP) is 0.365. The summed E-state index contributed by atoms with van der Waals surface area (Å²) in [6, 6.07) is 8.29. The lowest BCUT2D eigenvalue weighted by Gasteiger charge is -2.32. The summed E-state index contributed by atoms with van der Waals surface area (Å²) in [7, 11) is 6.28. The molecule has 2 saturated heterocycles. The van der Waals surface area contributed by atoms with Gasteiger partial charge in [0.15, 0.2) is 0 Å². The molecule has 37 heavy (non-hydrogen) atoms. The molecule has 0 spiro atoms. The fourth-order valence-corrected chi connectivity index (χ4v) is 5.14. The number of nitrogens with zero attached hydrogens (tertiary/aromatic N) is 4. The standard InChI is InChI=1S/C25H29B3F2N4O3/c1-14(35)32-7-8-37-17(12-32)13-34-21-5-4-15(25(26,27)28)9-20(21)31-24(34)23-18(29)10-16(11-19(23)30)33-6-2-3-22(33)36/h4-5,9-11,17H,2-3,6-8,12-13,26-28H2,1H3/t17-/m1/s1. The summed E-state index contributed by atoms with van der Waals surface area (Å²) < 4.78 is 38.9. The van der Waals surface area contributed by atoms with Gasteiger partial charge in [-0.2, -0.15) is 0 Å². The Kier molecular flexibility index (Phi) is 6.64. The first-order valence-electron chi connectivity index (χ1n) is 12.7. The summed E-state index contributed by atoms with van der Waals surface area (Å²) in [4.78, 5) is 32.0. The summed E-state index contributed by atoms with van der Waals surface area (Å²) in [6.07, 6.45) is 0.674. The van der Waals surface area contributed by atoms with Gasteiger partial charge in [0.05, 0.1) is 59.4 Å². The Bertz CT molecular complexity index is 1370. The van der Waals surface area contributed by atoms with Gasteiger partial charge < -0.3 is 19.1 Å². The summed E-state index contributed by atoms with van der Waals surface area (Å²) in [5, 5.41) is -0.132.